The van der Waals surface area contributed by atoms with Gasteiger partial charge in [0.1, 0.15) is 67.3 Å². The third kappa shape index (κ3) is 44.1. The molecule has 0 bridgehead atoms. The van der Waals surface area contributed by atoms with Crippen LogP contribution in [0, 0.1) is 58.9 Å². The molecule has 14 rings (SSSR count). The smallest absolute Gasteiger partial charge is 0.407 e. The van der Waals surface area contributed by atoms with Gasteiger partial charge in [-0.2, -0.15) is 10.5 Å². The summed E-state index contributed by atoms with van der Waals surface area (Å²) in [5.41, 5.74) is 19.3. The number of carboxylic acids is 1. The molecule has 0 unspecified atom stereocenters. The number of benzene rings is 9. The van der Waals surface area contributed by atoms with Gasteiger partial charge in [-0.25, -0.2) is 4.79 Å². The summed E-state index contributed by atoms with van der Waals surface area (Å²) in [6.45, 7) is 40.9. The Balaban J connectivity index is 0.00000168. The molecule has 0 spiro atoms. The molecule has 14 aromatic rings. The van der Waals surface area contributed by atoms with Crippen LogP contribution in [0.2, 0.25) is 6.82 Å². The van der Waals surface area contributed by atoms with Gasteiger partial charge in [0.15, 0.2) is 0 Å². The molecule has 5 radical (unpaired) electrons. The van der Waals surface area contributed by atoms with Crippen LogP contribution in [-0.4, -0.2) is 81.7 Å². The van der Waals surface area contributed by atoms with Crippen molar-refractivity contribution in [2.45, 2.75) is 102 Å². The zero-order chi connectivity index (χ0) is 98.2. The SMILES string of the molecule is C=NC(=[C-]c1ccnc(C#N)c1F)c1ccccc1.C=NC(=[C-]c1ccnc(C#N)c1OCc1ccccc1)c1ccccc1.C=NC(=[C-]c1ccnc(C(=O)O)c1OCc1ccccc1)c1ccccc1.C=NC(=[C-]c1ccnc(N)c1OCc1ccccc1)c1ccccc1.C=NC(=[C-]c1ccnc(NB(C)O)c1OCc1ccccc1)c1ccccc1.CC.CC.CC.CC.CC.[Y].[Y].[Y].[Y].[Y]. The number of aromatic carboxylic acids is 1. The number of nitrogens with one attached hydrogen (secondary N) is 1. The first-order valence-electron chi connectivity index (χ1n) is 43.5. The van der Waals surface area contributed by atoms with E-state index in [-0.39, 0.29) is 199 Å². The van der Waals surface area contributed by atoms with E-state index in [9.17, 15) is 24.6 Å². The van der Waals surface area contributed by atoms with Crippen molar-refractivity contribution in [2.75, 3.05) is 11.0 Å². The summed E-state index contributed by atoms with van der Waals surface area (Å²) < 4.78 is 37.6. The van der Waals surface area contributed by atoms with Crippen LogP contribution >= 0.6 is 0 Å². The first-order chi connectivity index (χ1) is 66.2. The number of aliphatic imine (C=N–C) groups is 5. The topological polar surface area (TPSA) is 306 Å². The van der Waals surface area contributed by atoms with Crippen molar-refractivity contribution in [1.82, 2.24) is 24.9 Å². The number of hydrogen-bond acceptors (Lipinski definition) is 20. The molecule has 140 heavy (non-hydrogen) atoms. The van der Waals surface area contributed by atoms with Crippen molar-refractivity contribution in [3.05, 3.63) is 465 Å². The van der Waals surface area contributed by atoms with E-state index in [4.69, 9.17) is 29.9 Å². The van der Waals surface area contributed by atoms with Crippen LogP contribution in [0.5, 0.6) is 23.0 Å². The van der Waals surface area contributed by atoms with E-state index in [0.717, 1.165) is 50.1 Å². The summed E-state index contributed by atoms with van der Waals surface area (Å²) in [4.78, 5) is 51.8. The Morgan fingerprint density at radius 2 is 0.593 bits per heavy atom. The second-order valence-corrected chi connectivity index (χ2v) is 26.1. The normalized spacial score (nSPS) is 10.0. The van der Waals surface area contributed by atoms with Crippen molar-refractivity contribution in [3.8, 4) is 35.1 Å². The Morgan fingerprint density at radius 3 is 0.893 bits per heavy atom. The molecule has 5 N–H and O–H groups in total. The van der Waals surface area contributed by atoms with E-state index in [1.54, 1.807) is 55.7 Å². The molecule has 0 aliphatic heterocycles. The van der Waals surface area contributed by atoms with Crippen molar-refractivity contribution < 1.29 is 202 Å². The van der Waals surface area contributed by atoms with Gasteiger partial charge in [-0.1, -0.05) is 370 Å². The molecule has 701 valence electrons. The largest absolute Gasteiger partial charge is 0.529 e. The van der Waals surface area contributed by atoms with Crippen LogP contribution in [0.4, 0.5) is 16.0 Å². The number of aromatic nitrogens is 5. The van der Waals surface area contributed by atoms with E-state index in [2.05, 4.69) is 125 Å². The molecule has 0 amide bonds. The Morgan fingerprint density at radius 1 is 0.357 bits per heavy atom. The number of carbonyl (C=O) groups is 1. The van der Waals surface area contributed by atoms with Crippen molar-refractivity contribution >= 4 is 86.7 Å². The van der Waals surface area contributed by atoms with Crippen LogP contribution in [-0.2, 0) is 190 Å². The number of carboxylic acid groups (broad SMARTS) is 1. The van der Waals surface area contributed by atoms with Gasteiger partial charge in [0.2, 0.25) is 0 Å². The zero-order valence-electron chi connectivity index (χ0n) is 80.8. The van der Waals surface area contributed by atoms with E-state index < -0.39 is 18.8 Å². The maximum Gasteiger partial charge on any atom is 0.407 e. The van der Waals surface area contributed by atoms with Gasteiger partial charge in [0.25, 0.3) is 0 Å². The monoisotopic (exact) mass is 2240 g/mol. The molecular formula is C112H111BFN14O7Y5-5. The maximum absolute atomic E-state index is 13.9. The molecule has 0 fully saturated rings. The number of anilines is 2. The van der Waals surface area contributed by atoms with Gasteiger partial charge in [0.05, 0.1) is 28.8 Å². The third-order valence-corrected chi connectivity index (χ3v) is 17.5. The van der Waals surface area contributed by atoms with Gasteiger partial charge in [0, 0.05) is 164 Å². The van der Waals surface area contributed by atoms with Gasteiger partial charge < -0.3 is 40.0 Å². The third-order valence-electron chi connectivity index (χ3n) is 17.5. The Bertz CT molecular complexity index is 6200. The quantitative estimate of drug-likeness (QED) is 0.0185. The van der Waals surface area contributed by atoms with Crippen molar-refractivity contribution in [3.63, 3.8) is 0 Å². The fourth-order valence-electron chi connectivity index (χ4n) is 11.5. The van der Waals surface area contributed by atoms with Crippen molar-refractivity contribution in [1.29, 1.82) is 10.5 Å². The Kier molecular flexibility index (Phi) is 70.9. The van der Waals surface area contributed by atoms with E-state index >= 15 is 0 Å². The van der Waals surface area contributed by atoms with Gasteiger partial charge in [-0.3, -0.25) is 54.3 Å². The molecule has 0 aliphatic rings. The number of pyridine rings is 5. The second kappa shape index (κ2) is 77.3. The first kappa shape index (κ1) is 129. The molecule has 0 atom stereocenters. The summed E-state index contributed by atoms with van der Waals surface area (Å²) >= 11 is 0. The van der Waals surface area contributed by atoms with Crippen LogP contribution < -0.4 is 29.9 Å². The molecule has 0 saturated carbocycles. The predicted octanol–water partition coefficient (Wildman–Crippen LogP) is 25.0. The van der Waals surface area contributed by atoms with E-state index in [0.29, 0.717) is 99.4 Å². The summed E-state index contributed by atoms with van der Waals surface area (Å²) in [5.74, 6) is 0.385. The minimum Gasteiger partial charge on any atom is -0.529 e. The number of ether oxygens (including phenoxy) is 4. The van der Waals surface area contributed by atoms with E-state index in [1.807, 2.05) is 342 Å². The average molecular weight is 2240 g/mol. The van der Waals surface area contributed by atoms with Crippen molar-refractivity contribution in [2.24, 2.45) is 25.0 Å². The minimum atomic E-state index is -1.17. The number of nitrogens with two attached hydrogens (primary N) is 1. The van der Waals surface area contributed by atoms with Crippen LogP contribution in [0.15, 0.2) is 359 Å². The molecule has 0 aliphatic carbocycles. The van der Waals surface area contributed by atoms with Gasteiger partial charge in [-0.05, 0) is 122 Å². The number of hydrogen-bond donors (Lipinski definition) is 4. The average Bonchev–Trinajstić information content (AvgIpc) is 0.722. The standard InChI is InChI=1S/C22H21BN3O2.C22H16N3O.C22H17N2O3.C21H18N3O.C15H9FN3.5C2H6.5Y/c1-23(27)26-22-21(28-16-17-9-5-3-6-10-17)19(13-14-25-22)15-20(24-2)18-11-7-4-8-12-18;1-24-20(18-10-6-3-7-11-18)14-19-12-13-25-21(15-23)22(19)26-16-17-8-4-2-5-9-17;1-23-19(17-10-6-3-7-11-17)14-18-12-13-24-20(22(25)26)21(18)27-15-16-8-4-2-5-9-16;1-23-19(17-10-6-3-7-11-17)14-18-12-13-24-21(22)20(18)25-15-16-8-4-2-5-9-16;1-18-13(11-5-3-2-4-6-11)9-12-7-8-19-14(10-17)15(12)16;5*1-2;;;;;/h3-14,27H,2,16H2,1H3,(H,25,26);2-13H,1,16H2;2-13H,1,15H2,(H,25,26);2-13H,1,15H2,(H2,22,24);2-8H,1H2;5*1-2H3;;;;;/q5*-1;;;;;;;;;;. The Labute approximate surface area is 951 Å². The molecular weight excluding hydrogens is 2130 g/mol. The number of nitrogen functional groups attached to an aromatic ring is 1. The second-order valence-electron chi connectivity index (χ2n) is 26.1. The summed E-state index contributed by atoms with van der Waals surface area (Å²) in [7, 11) is -0.781. The minimum absolute atomic E-state index is 0. The zero-order valence-corrected chi connectivity index (χ0v) is 95.0. The number of nitrogens with zero attached hydrogens (tertiary/aromatic N) is 12. The summed E-state index contributed by atoms with van der Waals surface area (Å²) in [6.07, 6.45) is 23.2. The predicted molar refractivity (Wildman–Crippen MR) is 548 cm³/mol. The van der Waals surface area contributed by atoms with Crippen LogP contribution in [0.3, 0.4) is 0 Å². The van der Waals surface area contributed by atoms with Crippen LogP contribution in [0.25, 0.3) is 28.5 Å². The maximum atomic E-state index is 13.9. The molecule has 5 heterocycles. The molecule has 28 heteroatoms. The molecule has 0 saturated heterocycles. The van der Waals surface area contributed by atoms with Gasteiger partial charge >= 0.3 is 13.0 Å². The summed E-state index contributed by atoms with van der Waals surface area (Å²) in [5, 5.41) is 40.3. The van der Waals surface area contributed by atoms with E-state index in [1.165, 1.54) is 18.5 Å². The summed E-state index contributed by atoms with van der Waals surface area (Å²) in [6, 6.07) is 98.7. The fraction of sp³-hybridized carbons (Fsp3) is 0.134. The molecule has 5 aromatic heterocycles. The first-order valence-corrected chi connectivity index (χ1v) is 43.5. The fourth-order valence-corrected chi connectivity index (χ4v) is 11.5. The van der Waals surface area contributed by atoms with Crippen LogP contribution in [0.1, 0.15) is 169 Å². The van der Waals surface area contributed by atoms with Gasteiger partial charge in [-0.15, -0.1) is 88.5 Å². The number of nitriles is 2. The number of rotatable bonds is 30. The molecule has 9 aromatic carbocycles. The molecule has 21 nitrogen and oxygen atoms in total. The number of halogens is 1. The Hall–Kier alpha value is -11.5.